The maximum Gasteiger partial charge on any atom is 0.337 e. The number of anilines is 1. The quantitative estimate of drug-likeness (QED) is 0.224. The van der Waals surface area contributed by atoms with Crippen LogP contribution in [0.25, 0.3) is 5.70 Å². The predicted molar refractivity (Wildman–Crippen MR) is 106 cm³/mol. The number of carbonyl (C=O) groups is 1. The van der Waals surface area contributed by atoms with E-state index in [2.05, 4.69) is 22.5 Å². The first-order valence-electron chi connectivity index (χ1n) is 7.67. The standard InChI is InChI=1S/C19H17BrClFN2O2/c1-3-26-19(25)12(2)9-18(13-7-8-17(22)16(20)10-13)24(23)15-6-4-5-14(21)11-15/h4-11H,2-3,23H2,1H3/b18-9-. The predicted octanol–water partition coefficient (Wildman–Crippen LogP) is 5.08. The lowest BCUT2D eigenvalue weighted by molar-refractivity contribution is -0.138. The van der Waals surface area contributed by atoms with Crippen LogP contribution in [0.4, 0.5) is 10.1 Å². The van der Waals surface area contributed by atoms with E-state index < -0.39 is 11.8 Å². The maximum absolute atomic E-state index is 13.6. The third-order valence-electron chi connectivity index (χ3n) is 3.41. The van der Waals surface area contributed by atoms with Crippen molar-refractivity contribution in [3.8, 4) is 0 Å². The summed E-state index contributed by atoms with van der Waals surface area (Å²) in [6, 6.07) is 11.3. The van der Waals surface area contributed by atoms with Gasteiger partial charge in [-0.2, -0.15) is 0 Å². The molecule has 0 heterocycles. The van der Waals surface area contributed by atoms with Crippen molar-refractivity contribution < 1.29 is 13.9 Å². The Morgan fingerprint density at radius 3 is 2.73 bits per heavy atom. The number of carbonyl (C=O) groups excluding carboxylic acids is 1. The fourth-order valence-electron chi connectivity index (χ4n) is 2.16. The van der Waals surface area contributed by atoms with Crippen LogP contribution < -0.4 is 10.9 Å². The van der Waals surface area contributed by atoms with Gasteiger partial charge in [-0.1, -0.05) is 24.2 Å². The van der Waals surface area contributed by atoms with Gasteiger partial charge in [-0.05, 0) is 65.3 Å². The molecule has 0 aliphatic carbocycles. The fourth-order valence-corrected chi connectivity index (χ4v) is 2.72. The van der Waals surface area contributed by atoms with E-state index in [1.165, 1.54) is 17.2 Å². The van der Waals surface area contributed by atoms with Gasteiger partial charge >= 0.3 is 5.97 Å². The second-order valence-corrected chi connectivity index (χ2v) is 6.54. The number of benzene rings is 2. The van der Waals surface area contributed by atoms with Crippen LogP contribution in [0.1, 0.15) is 12.5 Å². The van der Waals surface area contributed by atoms with Crippen LogP contribution in [0.15, 0.2) is 65.2 Å². The van der Waals surface area contributed by atoms with Crippen molar-refractivity contribution >= 4 is 44.9 Å². The highest BCUT2D eigenvalue weighted by Gasteiger charge is 2.16. The van der Waals surface area contributed by atoms with Gasteiger partial charge in [-0.3, -0.25) is 5.01 Å². The average molecular weight is 440 g/mol. The summed E-state index contributed by atoms with van der Waals surface area (Å²) in [4.78, 5) is 11.9. The van der Waals surface area contributed by atoms with Gasteiger partial charge in [0.05, 0.1) is 28.0 Å². The van der Waals surface area contributed by atoms with Gasteiger partial charge in [0.2, 0.25) is 0 Å². The number of ether oxygens (including phenoxy) is 1. The Morgan fingerprint density at radius 1 is 1.38 bits per heavy atom. The lowest BCUT2D eigenvalue weighted by Crippen LogP contribution is -2.29. The number of rotatable bonds is 6. The van der Waals surface area contributed by atoms with Gasteiger partial charge < -0.3 is 4.74 Å². The monoisotopic (exact) mass is 438 g/mol. The molecule has 0 fully saturated rings. The van der Waals surface area contributed by atoms with E-state index in [0.29, 0.717) is 22.0 Å². The number of hydrazine groups is 1. The van der Waals surface area contributed by atoms with E-state index in [1.54, 1.807) is 43.3 Å². The first-order chi connectivity index (χ1) is 12.3. The number of hydrogen-bond acceptors (Lipinski definition) is 4. The molecule has 0 atom stereocenters. The molecule has 136 valence electrons. The zero-order valence-electron chi connectivity index (χ0n) is 14.0. The number of nitrogens with zero attached hydrogens (tertiary/aromatic N) is 1. The van der Waals surface area contributed by atoms with Crippen molar-refractivity contribution in [2.75, 3.05) is 11.6 Å². The fraction of sp³-hybridized carbons (Fsp3) is 0.105. The topological polar surface area (TPSA) is 55.6 Å². The third kappa shape index (κ3) is 4.94. The van der Waals surface area contributed by atoms with E-state index >= 15 is 0 Å². The molecule has 4 nitrogen and oxygen atoms in total. The normalized spacial score (nSPS) is 11.2. The maximum atomic E-state index is 13.6. The summed E-state index contributed by atoms with van der Waals surface area (Å²) in [5.41, 5.74) is 1.69. The Kier molecular flexibility index (Phi) is 6.97. The Balaban J connectivity index is 2.52. The smallest absolute Gasteiger partial charge is 0.337 e. The van der Waals surface area contributed by atoms with E-state index in [0.717, 1.165) is 0 Å². The number of halogens is 3. The molecule has 0 saturated carbocycles. The van der Waals surface area contributed by atoms with Crippen molar-refractivity contribution in [2.24, 2.45) is 5.84 Å². The molecule has 0 unspecified atom stereocenters. The molecule has 2 rings (SSSR count). The Bertz CT molecular complexity index is 870. The van der Waals surface area contributed by atoms with Gasteiger partial charge in [-0.25, -0.2) is 15.0 Å². The largest absolute Gasteiger partial charge is 0.462 e. The summed E-state index contributed by atoms with van der Waals surface area (Å²) in [5, 5.41) is 1.84. The molecule has 0 aliphatic rings. The van der Waals surface area contributed by atoms with E-state index in [9.17, 15) is 9.18 Å². The van der Waals surface area contributed by atoms with Crippen molar-refractivity contribution in [1.82, 2.24) is 0 Å². The highest BCUT2D eigenvalue weighted by atomic mass is 79.9. The van der Waals surface area contributed by atoms with Gasteiger partial charge in [-0.15, -0.1) is 0 Å². The molecule has 26 heavy (non-hydrogen) atoms. The van der Waals surface area contributed by atoms with Crippen LogP contribution in [0.2, 0.25) is 5.02 Å². The lowest BCUT2D eigenvalue weighted by Gasteiger charge is -2.23. The van der Waals surface area contributed by atoms with Gasteiger partial charge in [0.1, 0.15) is 5.82 Å². The third-order valence-corrected chi connectivity index (χ3v) is 4.25. The molecule has 2 aromatic carbocycles. The minimum atomic E-state index is -0.564. The summed E-state index contributed by atoms with van der Waals surface area (Å²) in [6.07, 6.45) is 1.48. The minimum absolute atomic E-state index is 0.111. The van der Waals surface area contributed by atoms with E-state index in [-0.39, 0.29) is 16.7 Å². The molecule has 0 saturated heterocycles. The Labute approximate surface area is 164 Å². The lowest BCUT2D eigenvalue weighted by atomic mass is 10.1. The molecule has 0 aromatic heterocycles. The summed E-state index contributed by atoms with van der Waals surface area (Å²) < 4.78 is 18.8. The molecule has 2 N–H and O–H groups in total. The molecule has 0 bridgehead atoms. The SMILES string of the molecule is C=C(/C=C(/c1ccc(F)c(Br)c1)N(N)c1cccc(Cl)c1)C(=O)OCC. The molecule has 2 aromatic rings. The molecular formula is C19H17BrClFN2O2. The van der Waals surface area contributed by atoms with Crippen LogP contribution >= 0.6 is 27.5 Å². The summed E-state index contributed by atoms with van der Waals surface area (Å²) >= 11 is 9.19. The molecule has 7 heteroatoms. The first kappa shape index (κ1) is 20.2. The van der Waals surface area contributed by atoms with Crippen molar-refractivity contribution in [1.29, 1.82) is 0 Å². The first-order valence-corrected chi connectivity index (χ1v) is 8.84. The van der Waals surface area contributed by atoms with Gasteiger partial charge in [0, 0.05) is 10.6 Å². The van der Waals surface area contributed by atoms with Crippen molar-refractivity contribution in [2.45, 2.75) is 6.92 Å². The highest BCUT2D eigenvalue weighted by Crippen LogP contribution is 2.29. The number of esters is 1. The summed E-state index contributed by atoms with van der Waals surface area (Å²) in [6.45, 7) is 5.66. The van der Waals surface area contributed by atoms with E-state index in [4.69, 9.17) is 22.2 Å². The second kappa shape index (κ2) is 8.98. The molecule has 0 aliphatic heterocycles. The van der Waals surface area contributed by atoms with Crippen LogP contribution in [0.3, 0.4) is 0 Å². The zero-order valence-corrected chi connectivity index (χ0v) is 16.3. The molecular weight excluding hydrogens is 423 g/mol. The highest BCUT2D eigenvalue weighted by molar-refractivity contribution is 9.10. The molecule has 0 amide bonds. The minimum Gasteiger partial charge on any atom is -0.462 e. The van der Waals surface area contributed by atoms with Crippen molar-refractivity contribution in [3.63, 3.8) is 0 Å². The van der Waals surface area contributed by atoms with Crippen molar-refractivity contribution in [3.05, 3.63) is 81.6 Å². The average Bonchev–Trinajstić information content (AvgIpc) is 2.61. The second-order valence-electron chi connectivity index (χ2n) is 5.25. The van der Waals surface area contributed by atoms with Crippen LogP contribution in [-0.4, -0.2) is 12.6 Å². The Morgan fingerprint density at radius 2 is 2.12 bits per heavy atom. The van der Waals surface area contributed by atoms with Gasteiger partial charge in [0.15, 0.2) is 0 Å². The summed E-state index contributed by atoms with van der Waals surface area (Å²) in [5.74, 6) is 5.28. The summed E-state index contributed by atoms with van der Waals surface area (Å²) in [7, 11) is 0. The van der Waals surface area contributed by atoms with Crippen LogP contribution in [-0.2, 0) is 9.53 Å². The zero-order chi connectivity index (χ0) is 19.3. The van der Waals surface area contributed by atoms with Crippen LogP contribution in [0.5, 0.6) is 0 Å². The van der Waals surface area contributed by atoms with Crippen LogP contribution in [0, 0.1) is 5.82 Å². The molecule has 0 radical (unpaired) electrons. The van der Waals surface area contributed by atoms with Gasteiger partial charge in [0.25, 0.3) is 0 Å². The molecule has 0 spiro atoms. The van der Waals surface area contributed by atoms with E-state index in [1.807, 2.05) is 0 Å². The number of nitrogens with two attached hydrogens (primary N) is 1. The Hall–Kier alpha value is -2.15. The number of hydrogen-bond donors (Lipinski definition) is 1.